The summed E-state index contributed by atoms with van der Waals surface area (Å²) in [5.74, 6) is 1.31. The van der Waals surface area contributed by atoms with Crippen LogP contribution in [0.2, 0.25) is 0 Å². The van der Waals surface area contributed by atoms with E-state index in [0.717, 1.165) is 32.2 Å². The average molecular weight is 347 g/mol. The molecule has 3 rings (SSSR count). The summed E-state index contributed by atoms with van der Waals surface area (Å²) in [4.78, 5) is 17.0. The fraction of sp³-hybridized carbons (Fsp3) is 0.632. The Balaban J connectivity index is 1.54. The second kappa shape index (κ2) is 8.43. The van der Waals surface area contributed by atoms with Crippen molar-refractivity contribution in [1.29, 1.82) is 0 Å². The number of benzene rings is 1. The third kappa shape index (κ3) is 4.37. The number of piperazine rings is 1. The van der Waals surface area contributed by atoms with Crippen LogP contribution in [0.4, 0.5) is 10.5 Å². The molecule has 25 heavy (non-hydrogen) atoms. The Morgan fingerprint density at radius 1 is 1.04 bits per heavy atom. The number of carbonyl (C=O) groups is 1. The number of ether oxygens (including phenoxy) is 2. The number of nitrogens with one attached hydrogen (secondary N) is 1. The van der Waals surface area contributed by atoms with Crippen LogP contribution in [0.3, 0.4) is 0 Å². The van der Waals surface area contributed by atoms with Gasteiger partial charge in [-0.1, -0.05) is 19.3 Å². The van der Waals surface area contributed by atoms with Crippen LogP contribution in [0.5, 0.6) is 11.5 Å². The van der Waals surface area contributed by atoms with Crippen molar-refractivity contribution >= 4 is 11.7 Å². The Morgan fingerprint density at radius 2 is 1.76 bits per heavy atom. The molecule has 1 heterocycles. The maximum atomic E-state index is 12.6. The monoisotopic (exact) mass is 347 g/mol. The summed E-state index contributed by atoms with van der Waals surface area (Å²) in [5.41, 5.74) is 0.669. The highest BCUT2D eigenvalue weighted by molar-refractivity contribution is 5.91. The number of nitrogens with zero attached hydrogens (tertiary/aromatic N) is 2. The van der Waals surface area contributed by atoms with Crippen LogP contribution < -0.4 is 14.8 Å². The van der Waals surface area contributed by atoms with Crippen molar-refractivity contribution in [3.05, 3.63) is 18.2 Å². The summed E-state index contributed by atoms with van der Waals surface area (Å²) >= 11 is 0. The molecule has 138 valence electrons. The smallest absolute Gasteiger partial charge is 0.322 e. The van der Waals surface area contributed by atoms with Crippen LogP contribution in [-0.2, 0) is 0 Å². The van der Waals surface area contributed by atoms with E-state index in [1.807, 2.05) is 17.0 Å². The Labute approximate surface area is 150 Å². The lowest BCUT2D eigenvalue weighted by atomic mass is 9.94. The molecular formula is C19H29N3O3. The van der Waals surface area contributed by atoms with Gasteiger partial charge in [-0.15, -0.1) is 0 Å². The molecule has 0 atom stereocenters. The third-order valence-corrected chi connectivity index (χ3v) is 5.34. The van der Waals surface area contributed by atoms with Gasteiger partial charge in [0.15, 0.2) is 0 Å². The van der Waals surface area contributed by atoms with E-state index in [2.05, 4.69) is 10.2 Å². The predicted octanol–water partition coefficient (Wildman–Crippen LogP) is 3.19. The standard InChI is InChI=1S/C19H29N3O3/c1-24-16-8-9-17(18(14-16)25-2)20-19(23)22-12-10-21(11-13-22)15-6-4-3-5-7-15/h8-9,14-15H,3-7,10-13H2,1-2H3,(H,20,23). The van der Waals surface area contributed by atoms with Crippen molar-refractivity contribution < 1.29 is 14.3 Å². The number of anilines is 1. The largest absolute Gasteiger partial charge is 0.497 e. The lowest BCUT2D eigenvalue weighted by Crippen LogP contribution is -2.53. The summed E-state index contributed by atoms with van der Waals surface area (Å²) in [6.45, 7) is 3.50. The highest BCUT2D eigenvalue weighted by atomic mass is 16.5. The summed E-state index contributed by atoms with van der Waals surface area (Å²) in [5, 5.41) is 2.96. The molecule has 2 amide bonds. The molecule has 0 spiro atoms. The minimum Gasteiger partial charge on any atom is -0.497 e. The van der Waals surface area contributed by atoms with Gasteiger partial charge in [0.1, 0.15) is 11.5 Å². The van der Waals surface area contributed by atoms with E-state index in [1.165, 1.54) is 32.1 Å². The minimum atomic E-state index is -0.0632. The van der Waals surface area contributed by atoms with Crippen LogP contribution in [0.15, 0.2) is 18.2 Å². The molecule has 0 aromatic heterocycles. The number of amides is 2. The van der Waals surface area contributed by atoms with Crippen LogP contribution in [0, 0.1) is 0 Å². The van der Waals surface area contributed by atoms with E-state index < -0.39 is 0 Å². The molecule has 2 aliphatic rings. The second-order valence-electron chi connectivity index (χ2n) is 6.81. The Kier molecular flexibility index (Phi) is 6.02. The van der Waals surface area contributed by atoms with Crippen LogP contribution >= 0.6 is 0 Å². The van der Waals surface area contributed by atoms with Gasteiger partial charge in [0.25, 0.3) is 0 Å². The second-order valence-corrected chi connectivity index (χ2v) is 6.81. The van der Waals surface area contributed by atoms with Crippen molar-refractivity contribution in [3.63, 3.8) is 0 Å². The van der Waals surface area contributed by atoms with E-state index in [-0.39, 0.29) is 6.03 Å². The first-order chi connectivity index (χ1) is 12.2. The number of hydrogen-bond acceptors (Lipinski definition) is 4. The first-order valence-electron chi connectivity index (χ1n) is 9.23. The lowest BCUT2D eigenvalue weighted by Gasteiger charge is -2.40. The molecule has 1 aromatic rings. The van der Waals surface area contributed by atoms with Crippen LogP contribution in [-0.4, -0.2) is 62.3 Å². The molecule has 0 unspecified atom stereocenters. The molecule has 1 saturated heterocycles. The van der Waals surface area contributed by atoms with E-state index in [9.17, 15) is 4.79 Å². The molecule has 2 fully saturated rings. The summed E-state index contributed by atoms with van der Waals surface area (Å²) < 4.78 is 10.5. The third-order valence-electron chi connectivity index (χ3n) is 5.34. The molecule has 0 bridgehead atoms. The van der Waals surface area contributed by atoms with E-state index >= 15 is 0 Å². The number of hydrogen-bond donors (Lipinski definition) is 1. The molecule has 1 aliphatic heterocycles. The van der Waals surface area contributed by atoms with Gasteiger partial charge in [-0.3, -0.25) is 4.90 Å². The maximum absolute atomic E-state index is 12.6. The zero-order chi connectivity index (χ0) is 17.6. The number of methoxy groups -OCH3 is 2. The predicted molar refractivity (Wildman–Crippen MR) is 98.6 cm³/mol. The van der Waals surface area contributed by atoms with Crippen molar-refractivity contribution in [3.8, 4) is 11.5 Å². The maximum Gasteiger partial charge on any atom is 0.322 e. The first kappa shape index (κ1) is 17.9. The van der Waals surface area contributed by atoms with Gasteiger partial charge in [0, 0.05) is 38.3 Å². The van der Waals surface area contributed by atoms with Crippen molar-refractivity contribution in [2.24, 2.45) is 0 Å². The summed E-state index contributed by atoms with van der Waals surface area (Å²) in [6.07, 6.45) is 6.71. The first-order valence-corrected chi connectivity index (χ1v) is 9.23. The molecule has 6 heteroatoms. The fourth-order valence-corrected chi connectivity index (χ4v) is 3.83. The van der Waals surface area contributed by atoms with Crippen LogP contribution in [0.25, 0.3) is 0 Å². The number of rotatable bonds is 4. The molecule has 0 radical (unpaired) electrons. The van der Waals surface area contributed by atoms with Gasteiger partial charge in [-0.25, -0.2) is 4.79 Å². The zero-order valence-corrected chi connectivity index (χ0v) is 15.3. The highest BCUT2D eigenvalue weighted by Crippen LogP contribution is 2.29. The van der Waals surface area contributed by atoms with E-state index in [1.54, 1.807) is 20.3 Å². The van der Waals surface area contributed by atoms with Gasteiger partial charge < -0.3 is 19.7 Å². The Bertz CT molecular complexity index is 579. The van der Waals surface area contributed by atoms with Gasteiger partial charge >= 0.3 is 6.03 Å². The van der Waals surface area contributed by atoms with Crippen molar-refractivity contribution in [2.75, 3.05) is 45.7 Å². The molecule has 1 saturated carbocycles. The van der Waals surface area contributed by atoms with Gasteiger partial charge in [-0.05, 0) is 25.0 Å². The molecule has 1 aromatic carbocycles. The molecule has 1 N–H and O–H groups in total. The normalized spacial score (nSPS) is 19.5. The topological polar surface area (TPSA) is 54.0 Å². The minimum absolute atomic E-state index is 0.0632. The van der Waals surface area contributed by atoms with Gasteiger partial charge in [-0.2, -0.15) is 0 Å². The van der Waals surface area contributed by atoms with E-state index in [0.29, 0.717) is 17.2 Å². The van der Waals surface area contributed by atoms with Gasteiger partial charge in [0.05, 0.1) is 19.9 Å². The Morgan fingerprint density at radius 3 is 2.40 bits per heavy atom. The highest BCUT2D eigenvalue weighted by Gasteiger charge is 2.27. The van der Waals surface area contributed by atoms with Crippen molar-refractivity contribution in [2.45, 2.75) is 38.1 Å². The van der Waals surface area contributed by atoms with Gasteiger partial charge in [0.2, 0.25) is 0 Å². The molecular weight excluding hydrogens is 318 g/mol. The quantitative estimate of drug-likeness (QED) is 0.909. The van der Waals surface area contributed by atoms with Crippen molar-refractivity contribution in [1.82, 2.24) is 9.80 Å². The fourth-order valence-electron chi connectivity index (χ4n) is 3.83. The zero-order valence-electron chi connectivity index (χ0n) is 15.3. The average Bonchev–Trinajstić information content (AvgIpc) is 2.69. The number of urea groups is 1. The number of carbonyl (C=O) groups excluding carboxylic acids is 1. The molecule has 1 aliphatic carbocycles. The van der Waals surface area contributed by atoms with Crippen LogP contribution in [0.1, 0.15) is 32.1 Å². The molecule has 6 nitrogen and oxygen atoms in total. The SMILES string of the molecule is COc1ccc(NC(=O)N2CCN(C3CCCCC3)CC2)c(OC)c1. The summed E-state index contributed by atoms with van der Waals surface area (Å²) in [6, 6.07) is 6.07. The lowest BCUT2D eigenvalue weighted by molar-refractivity contribution is 0.0943. The van der Waals surface area contributed by atoms with E-state index in [4.69, 9.17) is 9.47 Å². The summed E-state index contributed by atoms with van der Waals surface area (Å²) in [7, 11) is 3.20. The Hall–Kier alpha value is -1.95.